The highest BCUT2D eigenvalue weighted by molar-refractivity contribution is 6.08. The monoisotopic (exact) mass is 429 g/mol. The first-order chi connectivity index (χ1) is 15.4. The number of ether oxygens (including phenoxy) is 1. The summed E-state index contributed by atoms with van der Waals surface area (Å²) in [5.41, 5.74) is 4.18. The zero-order valence-electron chi connectivity index (χ0n) is 17.8. The van der Waals surface area contributed by atoms with E-state index in [9.17, 15) is 15.1 Å². The number of benzene rings is 2. The van der Waals surface area contributed by atoms with E-state index in [-0.39, 0.29) is 18.0 Å². The maximum atomic E-state index is 13.1. The molecule has 3 aromatic heterocycles. The van der Waals surface area contributed by atoms with E-state index in [1.807, 2.05) is 59.8 Å². The van der Waals surface area contributed by atoms with Gasteiger partial charge in [0.15, 0.2) is 5.88 Å². The van der Waals surface area contributed by atoms with E-state index < -0.39 is 0 Å². The Bertz CT molecular complexity index is 1490. The number of aryl methyl sites for hydroxylation is 1. The van der Waals surface area contributed by atoms with Crippen LogP contribution in [0.5, 0.6) is 11.8 Å². The van der Waals surface area contributed by atoms with Crippen molar-refractivity contribution in [3.8, 4) is 34.0 Å². The topological polar surface area (TPSA) is 108 Å². The molecule has 2 N–H and O–H groups in total. The Labute approximate surface area is 183 Å². The van der Waals surface area contributed by atoms with Gasteiger partial charge in [-0.15, -0.1) is 4.91 Å². The number of aromatic nitrogens is 3. The molecule has 0 bridgehead atoms. The number of para-hydroxylation sites is 1. The third-order valence-electron chi connectivity index (χ3n) is 6.04. The van der Waals surface area contributed by atoms with Gasteiger partial charge < -0.3 is 29.1 Å². The molecule has 3 heterocycles. The average Bonchev–Trinajstić information content (AvgIpc) is 3.43. The molecule has 5 aromatic rings. The SMILES string of the molecule is COC(C)n1cc(-c2c([O-])[nH]c(O)c2-c2cn(C)c3cc(N=O)ccc23)c2ccccc21. The quantitative estimate of drug-likeness (QED) is 0.377. The van der Waals surface area contributed by atoms with Crippen molar-refractivity contribution in [2.45, 2.75) is 13.2 Å². The van der Waals surface area contributed by atoms with Crippen LogP contribution in [0, 0.1) is 4.91 Å². The van der Waals surface area contributed by atoms with Gasteiger partial charge in [0.1, 0.15) is 11.9 Å². The number of rotatable bonds is 5. The van der Waals surface area contributed by atoms with Gasteiger partial charge in [-0.3, -0.25) is 0 Å². The van der Waals surface area contributed by atoms with Crippen LogP contribution >= 0.6 is 0 Å². The number of H-pyrrole nitrogens is 1. The molecule has 0 aliphatic heterocycles. The number of fused-ring (bicyclic) bond motifs is 2. The molecule has 1 unspecified atom stereocenters. The normalized spacial score (nSPS) is 12.6. The second-order valence-corrected chi connectivity index (χ2v) is 7.80. The van der Waals surface area contributed by atoms with Gasteiger partial charge in [0.05, 0.1) is 16.6 Å². The lowest BCUT2D eigenvalue weighted by Gasteiger charge is -2.13. The van der Waals surface area contributed by atoms with Crippen molar-refractivity contribution in [3.63, 3.8) is 0 Å². The zero-order valence-corrected chi connectivity index (χ0v) is 17.8. The molecular formula is C24H21N4O4-. The van der Waals surface area contributed by atoms with Crippen molar-refractivity contribution < 1.29 is 14.9 Å². The Balaban J connectivity index is 1.83. The Morgan fingerprint density at radius 1 is 1.06 bits per heavy atom. The number of aromatic hydroxyl groups is 1. The first kappa shape index (κ1) is 19.9. The molecule has 162 valence electrons. The first-order valence-electron chi connectivity index (χ1n) is 10.1. The molecule has 0 radical (unpaired) electrons. The molecule has 8 nitrogen and oxygen atoms in total. The van der Waals surface area contributed by atoms with Crippen LogP contribution in [0.15, 0.2) is 60.0 Å². The largest absolute Gasteiger partial charge is 0.860 e. The van der Waals surface area contributed by atoms with E-state index in [2.05, 4.69) is 10.2 Å². The van der Waals surface area contributed by atoms with Crippen molar-refractivity contribution >= 4 is 27.5 Å². The summed E-state index contributed by atoms with van der Waals surface area (Å²) in [7, 11) is 3.47. The van der Waals surface area contributed by atoms with E-state index in [0.29, 0.717) is 27.9 Å². The third kappa shape index (κ3) is 2.80. The van der Waals surface area contributed by atoms with Crippen molar-refractivity contribution in [2.75, 3.05) is 7.11 Å². The van der Waals surface area contributed by atoms with Crippen LogP contribution in [-0.4, -0.2) is 26.3 Å². The van der Waals surface area contributed by atoms with Crippen molar-refractivity contribution in [3.05, 3.63) is 59.8 Å². The highest BCUT2D eigenvalue weighted by Crippen LogP contribution is 2.48. The lowest BCUT2D eigenvalue weighted by Crippen LogP contribution is -2.04. The molecule has 32 heavy (non-hydrogen) atoms. The second kappa shape index (κ2) is 7.28. The minimum absolute atomic E-state index is 0.202. The third-order valence-corrected chi connectivity index (χ3v) is 6.04. The highest BCUT2D eigenvalue weighted by atomic mass is 16.5. The van der Waals surface area contributed by atoms with E-state index >= 15 is 0 Å². The smallest absolute Gasteiger partial charge is 0.196 e. The molecule has 0 amide bonds. The van der Waals surface area contributed by atoms with Gasteiger partial charge in [-0.2, -0.15) is 0 Å². The van der Waals surface area contributed by atoms with E-state index in [1.54, 1.807) is 25.3 Å². The Morgan fingerprint density at radius 2 is 1.78 bits per heavy atom. The van der Waals surface area contributed by atoms with Crippen molar-refractivity contribution in [1.29, 1.82) is 0 Å². The van der Waals surface area contributed by atoms with Gasteiger partial charge in [0.25, 0.3) is 0 Å². The van der Waals surface area contributed by atoms with Crippen LogP contribution in [0.1, 0.15) is 13.2 Å². The summed E-state index contributed by atoms with van der Waals surface area (Å²) >= 11 is 0. The fourth-order valence-electron chi connectivity index (χ4n) is 4.43. The fraction of sp³-hybridized carbons (Fsp3) is 0.167. The summed E-state index contributed by atoms with van der Waals surface area (Å²) < 4.78 is 9.32. The lowest BCUT2D eigenvalue weighted by molar-refractivity contribution is -0.273. The number of nitroso groups, excluding NO2 is 1. The molecule has 0 spiro atoms. The van der Waals surface area contributed by atoms with Crippen LogP contribution in [0.25, 0.3) is 44.1 Å². The molecule has 2 aromatic carbocycles. The van der Waals surface area contributed by atoms with Gasteiger partial charge in [0, 0.05) is 54.0 Å². The summed E-state index contributed by atoms with van der Waals surface area (Å²) in [6.07, 6.45) is 3.47. The number of hydrogen-bond donors (Lipinski definition) is 2. The molecule has 1 atom stereocenters. The fourth-order valence-corrected chi connectivity index (χ4v) is 4.43. The summed E-state index contributed by atoms with van der Waals surface area (Å²) in [6, 6.07) is 12.8. The molecule has 5 rings (SSSR count). The maximum Gasteiger partial charge on any atom is 0.196 e. The van der Waals surface area contributed by atoms with Crippen LogP contribution in [0.2, 0.25) is 0 Å². The van der Waals surface area contributed by atoms with Gasteiger partial charge in [-0.05, 0) is 42.2 Å². The van der Waals surface area contributed by atoms with Crippen LogP contribution in [0.4, 0.5) is 5.69 Å². The number of nitrogens with zero attached hydrogens (tertiary/aromatic N) is 3. The van der Waals surface area contributed by atoms with Gasteiger partial charge in [-0.1, -0.05) is 18.2 Å². The second-order valence-electron chi connectivity index (χ2n) is 7.80. The minimum Gasteiger partial charge on any atom is -0.860 e. The van der Waals surface area contributed by atoms with Gasteiger partial charge in [0.2, 0.25) is 0 Å². The van der Waals surface area contributed by atoms with Gasteiger partial charge >= 0.3 is 0 Å². The molecule has 0 saturated heterocycles. The number of hydrogen-bond acceptors (Lipinski definition) is 5. The first-order valence-corrected chi connectivity index (χ1v) is 10.1. The zero-order chi connectivity index (χ0) is 22.6. The molecule has 0 saturated carbocycles. The highest BCUT2D eigenvalue weighted by Gasteiger charge is 2.23. The number of methoxy groups -OCH3 is 1. The molecule has 0 fully saturated rings. The predicted octanol–water partition coefficient (Wildman–Crippen LogP) is 5.14. The Kier molecular flexibility index (Phi) is 4.53. The molecular weight excluding hydrogens is 408 g/mol. The molecule has 0 aliphatic carbocycles. The maximum absolute atomic E-state index is 13.1. The van der Waals surface area contributed by atoms with E-state index in [0.717, 1.165) is 21.8 Å². The minimum atomic E-state index is -0.381. The van der Waals surface area contributed by atoms with Gasteiger partial charge in [-0.25, -0.2) is 0 Å². The standard InChI is InChI=1S/C24H22N4O4/c1-13(32-3)28-12-18(15-6-4-5-7-19(15)28)22-21(23(29)25-24(22)30)17-11-27(2)20-10-14(26-31)8-9-16(17)20/h4-13,25,29-30H,1-3H3/p-1. The summed E-state index contributed by atoms with van der Waals surface area (Å²) in [5.74, 6) is -0.583. The number of nitrogens with one attached hydrogen (secondary N) is 1. The summed E-state index contributed by atoms with van der Waals surface area (Å²) in [6.45, 7) is 1.92. The lowest BCUT2D eigenvalue weighted by atomic mass is 9.97. The van der Waals surface area contributed by atoms with E-state index in [4.69, 9.17) is 4.74 Å². The van der Waals surface area contributed by atoms with E-state index in [1.165, 1.54) is 0 Å². The Morgan fingerprint density at radius 3 is 2.53 bits per heavy atom. The molecule has 0 aliphatic rings. The summed E-state index contributed by atoms with van der Waals surface area (Å²) in [4.78, 5) is 13.6. The predicted molar refractivity (Wildman–Crippen MR) is 122 cm³/mol. The average molecular weight is 429 g/mol. The Hall–Kier alpha value is -4.04. The van der Waals surface area contributed by atoms with Crippen LogP contribution < -0.4 is 5.11 Å². The van der Waals surface area contributed by atoms with Crippen molar-refractivity contribution in [2.24, 2.45) is 12.2 Å². The van der Waals surface area contributed by atoms with Crippen LogP contribution in [0.3, 0.4) is 0 Å². The summed E-state index contributed by atoms with van der Waals surface area (Å²) in [5, 5.41) is 28.5. The molecule has 8 heteroatoms. The van der Waals surface area contributed by atoms with Crippen molar-refractivity contribution in [1.82, 2.24) is 14.1 Å². The number of aromatic amines is 1. The van der Waals surface area contributed by atoms with Crippen LogP contribution in [-0.2, 0) is 11.8 Å².